The minimum atomic E-state index is -4.09. The molecular weight excluding hydrogens is 358 g/mol. The van der Waals surface area contributed by atoms with Crippen LogP contribution in [-0.2, 0) is 14.9 Å². The largest absolute Gasteiger partial charge is 0.508 e. The van der Waals surface area contributed by atoms with Crippen molar-refractivity contribution in [2.45, 2.75) is 4.90 Å². The van der Waals surface area contributed by atoms with Crippen molar-refractivity contribution in [1.29, 1.82) is 0 Å². The molecule has 3 rings (SSSR count). The van der Waals surface area contributed by atoms with Crippen LogP contribution in [-0.4, -0.2) is 35.7 Å². The standard InChI is InChI=1S/C10H8O3S.C8H9NO3/c11-14(12,13)10-6-5-8-3-1-2-4-9(8)7-10;10-7-3-1-6(2-4-7)9-5-8(11)12/h1-7H,(H,11,12,13);1-4,9-10H,5H2,(H,11,12). The average molecular weight is 375 g/mol. The molecule has 0 unspecified atom stereocenters. The molecule has 0 radical (unpaired) electrons. The van der Waals surface area contributed by atoms with Gasteiger partial charge in [-0.3, -0.25) is 9.35 Å². The van der Waals surface area contributed by atoms with E-state index in [1.54, 1.807) is 24.3 Å². The zero-order chi connectivity index (χ0) is 19.2. The highest BCUT2D eigenvalue weighted by atomic mass is 32.2. The van der Waals surface area contributed by atoms with Gasteiger partial charge in [0.05, 0.1) is 4.90 Å². The molecule has 0 saturated carbocycles. The number of aromatic hydroxyl groups is 1. The summed E-state index contributed by atoms with van der Waals surface area (Å²) in [5.74, 6) is -0.751. The van der Waals surface area contributed by atoms with E-state index in [2.05, 4.69) is 5.32 Å². The van der Waals surface area contributed by atoms with E-state index in [1.807, 2.05) is 18.2 Å². The van der Waals surface area contributed by atoms with E-state index in [4.69, 9.17) is 14.8 Å². The van der Waals surface area contributed by atoms with E-state index in [1.165, 1.54) is 24.3 Å². The SMILES string of the molecule is O=C(O)CNc1ccc(O)cc1.O=S(=O)(O)c1ccc2ccccc2c1. The Morgan fingerprint density at radius 2 is 1.54 bits per heavy atom. The van der Waals surface area contributed by atoms with Gasteiger partial charge >= 0.3 is 5.97 Å². The Kier molecular flexibility index (Phi) is 6.16. The highest BCUT2D eigenvalue weighted by molar-refractivity contribution is 7.85. The third-order valence-corrected chi connectivity index (χ3v) is 4.18. The lowest BCUT2D eigenvalue weighted by Gasteiger charge is -2.01. The number of benzene rings is 3. The first kappa shape index (κ1) is 19.2. The number of phenols is 1. The van der Waals surface area contributed by atoms with Crippen molar-refractivity contribution in [1.82, 2.24) is 0 Å². The van der Waals surface area contributed by atoms with Gasteiger partial charge in [0.15, 0.2) is 0 Å². The molecule has 0 bridgehead atoms. The minimum Gasteiger partial charge on any atom is -0.508 e. The number of carboxylic acid groups (broad SMARTS) is 1. The molecule has 0 spiro atoms. The molecule has 0 heterocycles. The average Bonchev–Trinajstić information content (AvgIpc) is 2.60. The van der Waals surface area contributed by atoms with Gasteiger partial charge in [0, 0.05) is 5.69 Å². The Morgan fingerprint density at radius 3 is 2.12 bits per heavy atom. The molecule has 0 aromatic heterocycles. The van der Waals surface area contributed by atoms with Gasteiger partial charge in [0.25, 0.3) is 10.1 Å². The van der Waals surface area contributed by atoms with Crippen LogP contribution in [0.25, 0.3) is 10.8 Å². The van der Waals surface area contributed by atoms with Crippen molar-refractivity contribution in [2.24, 2.45) is 0 Å². The zero-order valence-corrected chi connectivity index (χ0v) is 14.3. The van der Waals surface area contributed by atoms with E-state index >= 15 is 0 Å². The predicted octanol–water partition coefficient (Wildman–Crippen LogP) is 2.98. The Balaban J connectivity index is 0.000000190. The molecule has 3 aromatic rings. The third-order valence-electron chi connectivity index (χ3n) is 3.33. The van der Waals surface area contributed by atoms with Crippen LogP contribution in [0.1, 0.15) is 0 Å². The van der Waals surface area contributed by atoms with Gasteiger partial charge in [-0.1, -0.05) is 30.3 Å². The van der Waals surface area contributed by atoms with E-state index in [0.717, 1.165) is 10.8 Å². The first-order chi connectivity index (χ1) is 12.3. The van der Waals surface area contributed by atoms with E-state index < -0.39 is 16.1 Å². The summed E-state index contributed by atoms with van der Waals surface area (Å²) < 4.78 is 30.5. The fourth-order valence-corrected chi connectivity index (χ4v) is 2.60. The van der Waals surface area contributed by atoms with Crippen molar-refractivity contribution < 1.29 is 28.0 Å². The topological polar surface area (TPSA) is 124 Å². The van der Waals surface area contributed by atoms with Crippen molar-refractivity contribution in [3.8, 4) is 5.75 Å². The highest BCUT2D eigenvalue weighted by Gasteiger charge is 2.08. The smallest absolute Gasteiger partial charge is 0.322 e. The highest BCUT2D eigenvalue weighted by Crippen LogP contribution is 2.18. The molecule has 8 heteroatoms. The monoisotopic (exact) mass is 375 g/mol. The van der Waals surface area contributed by atoms with Crippen LogP contribution in [0.15, 0.2) is 71.6 Å². The van der Waals surface area contributed by atoms with Gasteiger partial charge < -0.3 is 15.5 Å². The summed E-state index contributed by atoms with van der Waals surface area (Å²) in [4.78, 5) is 10.1. The Labute approximate surface area is 150 Å². The fourth-order valence-electron chi connectivity index (χ4n) is 2.08. The first-order valence-electron chi connectivity index (χ1n) is 7.47. The van der Waals surface area contributed by atoms with Gasteiger partial charge in [0.2, 0.25) is 0 Å². The second-order valence-electron chi connectivity index (χ2n) is 5.28. The molecule has 0 saturated heterocycles. The normalized spacial score (nSPS) is 10.7. The summed E-state index contributed by atoms with van der Waals surface area (Å²) in [7, 11) is -4.09. The van der Waals surface area contributed by atoms with Crippen molar-refractivity contribution in [3.05, 3.63) is 66.7 Å². The number of nitrogens with one attached hydrogen (secondary N) is 1. The van der Waals surface area contributed by atoms with E-state index in [0.29, 0.717) is 5.69 Å². The second-order valence-corrected chi connectivity index (χ2v) is 6.70. The minimum absolute atomic E-state index is 0.0730. The van der Waals surface area contributed by atoms with Gasteiger partial charge in [-0.05, 0) is 47.2 Å². The molecule has 0 aliphatic heterocycles. The lowest BCUT2D eigenvalue weighted by atomic mass is 10.1. The van der Waals surface area contributed by atoms with Crippen LogP contribution >= 0.6 is 0 Å². The van der Waals surface area contributed by atoms with Crippen LogP contribution in [0.2, 0.25) is 0 Å². The molecule has 7 nitrogen and oxygen atoms in total. The van der Waals surface area contributed by atoms with Gasteiger partial charge in [-0.2, -0.15) is 8.42 Å². The summed E-state index contributed by atoms with van der Waals surface area (Å²) in [5, 5.41) is 21.6. The molecular formula is C18H17NO6S. The molecule has 3 aromatic carbocycles. The van der Waals surface area contributed by atoms with Crippen molar-refractivity contribution in [2.75, 3.05) is 11.9 Å². The second kappa shape index (κ2) is 8.32. The third kappa shape index (κ3) is 5.76. The van der Waals surface area contributed by atoms with Crippen LogP contribution in [0.5, 0.6) is 5.75 Å². The quantitative estimate of drug-likeness (QED) is 0.408. The Morgan fingerprint density at radius 1 is 0.923 bits per heavy atom. The zero-order valence-electron chi connectivity index (χ0n) is 13.5. The predicted molar refractivity (Wildman–Crippen MR) is 98.0 cm³/mol. The maximum Gasteiger partial charge on any atom is 0.322 e. The Hall–Kier alpha value is -3.10. The van der Waals surface area contributed by atoms with Crippen LogP contribution in [0.3, 0.4) is 0 Å². The first-order valence-corrected chi connectivity index (χ1v) is 8.91. The summed E-state index contributed by atoms with van der Waals surface area (Å²) in [6, 6.07) is 18.1. The number of anilines is 1. The van der Waals surface area contributed by atoms with Crippen LogP contribution < -0.4 is 5.32 Å². The molecule has 0 fully saturated rings. The molecule has 0 amide bonds. The van der Waals surface area contributed by atoms with E-state index in [-0.39, 0.29) is 17.2 Å². The van der Waals surface area contributed by atoms with Crippen LogP contribution in [0, 0.1) is 0 Å². The van der Waals surface area contributed by atoms with Gasteiger partial charge in [0.1, 0.15) is 12.3 Å². The number of hydrogen-bond acceptors (Lipinski definition) is 5. The number of hydrogen-bond donors (Lipinski definition) is 4. The summed E-state index contributed by atoms with van der Waals surface area (Å²) in [6.45, 7) is -0.120. The van der Waals surface area contributed by atoms with Gasteiger partial charge in [-0.15, -0.1) is 0 Å². The summed E-state index contributed by atoms with van der Waals surface area (Å²) in [6.07, 6.45) is 0. The lowest BCUT2D eigenvalue weighted by Crippen LogP contribution is -2.11. The number of carboxylic acids is 1. The Bertz CT molecular complexity index is 1000. The van der Waals surface area contributed by atoms with Crippen LogP contribution in [0.4, 0.5) is 5.69 Å². The number of rotatable bonds is 4. The molecule has 26 heavy (non-hydrogen) atoms. The van der Waals surface area contributed by atoms with Crippen molar-refractivity contribution >= 4 is 32.5 Å². The maximum absolute atomic E-state index is 10.8. The maximum atomic E-state index is 10.8. The number of aliphatic carboxylic acids is 1. The summed E-state index contributed by atoms with van der Waals surface area (Å²) in [5.41, 5.74) is 0.676. The van der Waals surface area contributed by atoms with Gasteiger partial charge in [-0.25, -0.2) is 0 Å². The fraction of sp³-hybridized carbons (Fsp3) is 0.0556. The van der Waals surface area contributed by atoms with E-state index in [9.17, 15) is 13.2 Å². The molecule has 4 N–H and O–H groups in total. The molecule has 0 aliphatic rings. The number of phenolic OH excluding ortho intramolecular Hbond substituents is 1. The molecule has 136 valence electrons. The number of carbonyl (C=O) groups is 1. The van der Waals surface area contributed by atoms with Crippen molar-refractivity contribution in [3.63, 3.8) is 0 Å². The number of fused-ring (bicyclic) bond motifs is 1. The summed E-state index contributed by atoms with van der Waals surface area (Å²) >= 11 is 0. The molecule has 0 aliphatic carbocycles. The lowest BCUT2D eigenvalue weighted by molar-refractivity contribution is -0.134. The molecule has 0 atom stereocenters.